The van der Waals surface area contributed by atoms with Crippen LogP contribution >= 0.6 is 0 Å². The second-order valence-corrected chi connectivity index (χ2v) is 7.70. The molecule has 1 unspecified atom stereocenters. The maximum Gasteiger partial charge on any atom is 0.402 e. The number of nitrogens with zero attached hydrogens (tertiary/aromatic N) is 5. The van der Waals surface area contributed by atoms with E-state index in [1.54, 1.807) is 11.9 Å². The van der Waals surface area contributed by atoms with E-state index in [1.807, 2.05) is 10.8 Å². The summed E-state index contributed by atoms with van der Waals surface area (Å²) in [4.78, 5) is 33.5. The molecule has 3 aliphatic rings. The predicted molar refractivity (Wildman–Crippen MR) is 97.4 cm³/mol. The Morgan fingerprint density at radius 1 is 1.23 bits per heavy atom. The van der Waals surface area contributed by atoms with Gasteiger partial charge in [0.15, 0.2) is 0 Å². The molecule has 1 saturated carbocycles. The lowest BCUT2D eigenvalue weighted by Crippen LogP contribution is -2.62. The van der Waals surface area contributed by atoms with E-state index in [-0.39, 0.29) is 11.9 Å². The molecule has 1 saturated heterocycles. The minimum Gasteiger partial charge on any atom is -0.270 e. The molecule has 26 heavy (non-hydrogen) atoms. The molecule has 140 valence electrons. The third-order valence-electron chi connectivity index (χ3n) is 5.93. The van der Waals surface area contributed by atoms with E-state index in [1.165, 1.54) is 17.7 Å². The number of urea groups is 1. The van der Waals surface area contributed by atoms with Gasteiger partial charge in [0, 0.05) is 13.6 Å². The predicted octanol–water partition coefficient (Wildman–Crippen LogP) is 2.87. The summed E-state index contributed by atoms with van der Waals surface area (Å²) < 4.78 is 4.24. The molecule has 4 rings (SSSR count). The highest BCUT2D eigenvalue weighted by atomic mass is 16.2. The van der Waals surface area contributed by atoms with Crippen molar-refractivity contribution in [2.45, 2.75) is 70.9 Å². The third kappa shape index (κ3) is 2.47. The number of aryl methyl sites for hydroxylation is 1. The van der Waals surface area contributed by atoms with E-state index in [0.29, 0.717) is 18.4 Å². The van der Waals surface area contributed by atoms with Crippen LogP contribution in [-0.4, -0.2) is 45.7 Å². The van der Waals surface area contributed by atoms with Gasteiger partial charge >= 0.3 is 12.0 Å². The number of fused-ring (bicyclic) bond motifs is 3. The Balaban J connectivity index is 1.69. The SMILES string of the molecule is CCCCCN1C(=O)C2C(=Nc3n(C4CCCC4)c(C)c[n+]32)N(C)C1=O. The number of amides is 3. The average molecular weight is 358 g/mol. The highest BCUT2D eigenvalue weighted by Gasteiger charge is 2.53. The van der Waals surface area contributed by atoms with Crippen LogP contribution in [0.15, 0.2) is 11.2 Å². The molecule has 3 amide bonds. The van der Waals surface area contributed by atoms with E-state index in [0.717, 1.165) is 43.7 Å². The van der Waals surface area contributed by atoms with Crippen molar-refractivity contribution in [1.82, 2.24) is 14.4 Å². The van der Waals surface area contributed by atoms with Crippen LogP contribution in [0.2, 0.25) is 0 Å². The number of imide groups is 1. The minimum atomic E-state index is -0.504. The zero-order chi connectivity index (χ0) is 18.4. The van der Waals surface area contributed by atoms with E-state index in [4.69, 9.17) is 4.99 Å². The van der Waals surface area contributed by atoms with Gasteiger partial charge in [0.05, 0.1) is 6.04 Å². The number of amidine groups is 1. The number of carbonyl (C=O) groups is 2. The molecular weight excluding hydrogens is 330 g/mol. The van der Waals surface area contributed by atoms with E-state index >= 15 is 0 Å². The van der Waals surface area contributed by atoms with Gasteiger partial charge in [-0.25, -0.2) is 13.9 Å². The molecule has 0 N–H and O–H groups in total. The molecule has 3 heterocycles. The van der Waals surface area contributed by atoms with Gasteiger partial charge in [-0.3, -0.25) is 14.6 Å². The fraction of sp³-hybridized carbons (Fsp3) is 0.684. The first-order chi connectivity index (χ1) is 12.5. The second-order valence-electron chi connectivity index (χ2n) is 7.70. The number of likely N-dealkylation sites (N-methyl/N-ethyl adjacent to an activating group) is 1. The molecule has 1 aromatic heterocycles. The molecule has 1 aromatic rings. The average Bonchev–Trinajstić information content (AvgIpc) is 3.31. The number of imidazole rings is 1. The van der Waals surface area contributed by atoms with Gasteiger partial charge < -0.3 is 0 Å². The minimum absolute atomic E-state index is 0.143. The van der Waals surface area contributed by atoms with Crippen molar-refractivity contribution >= 4 is 23.7 Å². The zero-order valence-electron chi connectivity index (χ0n) is 15.9. The smallest absolute Gasteiger partial charge is 0.270 e. The van der Waals surface area contributed by atoms with Crippen LogP contribution < -0.4 is 4.57 Å². The molecule has 0 spiro atoms. The van der Waals surface area contributed by atoms with Crippen LogP contribution in [0, 0.1) is 6.92 Å². The number of carbonyl (C=O) groups excluding carboxylic acids is 2. The van der Waals surface area contributed by atoms with Crippen LogP contribution in [0.3, 0.4) is 0 Å². The Kier molecular flexibility index (Phi) is 4.32. The lowest BCUT2D eigenvalue weighted by Gasteiger charge is -2.33. The van der Waals surface area contributed by atoms with Gasteiger partial charge in [0.1, 0.15) is 11.9 Å². The van der Waals surface area contributed by atoms with Crippen LogP contribution in [0.5, 0.6) is 0 Å². The summed E-state index contributed by atoms with van der Waals surface area (Å²) in [7, 11) is 1.73. The molecule has 7 heteroatoms. The molecule has 2 fully saturated rings. The third-order valence-corrected chi connectivity index (χ3v) is 5.93. The first kappa shape index (κ1) is 17.2. The topological polar surface area (TPSA) is 61.8 Å². The monoisotopic (exact) mass is 358 g/mol. The molecule has 0 radical (unpaired) electrons. The summed E-state index contributed by atoms with van der Waals surface area (Å²) in [6, 6.07) is -0.306. The molecule has 1 atom stereocenters. The first-order valence-corrected chi connectivity index (χ1v) is 9.85. The highest BCUT2D eigenvalue weighted by molar-refractivity contribution is 6.19. The lowest BCUT2D eigenvalue weighted by atomic mass is 10.1. The van der Waals surface area contributed by atoms with Gasteiger partial charge in [-0.1, -0.05) is 24.8 Å². The van der Waals surface area contributed by atoms with Crippen molar-refractivity contribution in [2.75, 3.05) is 13.6 Å². The molecule has 0 bridgehead atoms. The molecule has 1 aliphatic carbocycles. The van der Waals surface area contributed by atoms with Gasteiger partial charge in [0.2, 0.25) is 11.9 Å². The normalized spacial score (nSPS) is 22.9. The number of unbranched alkanes of at least 4 members (excludes halogenated alkanes) is 2. The largest absolute Gasteiger partial charge is 0.402 e. The number of hydrogen-bond donors (Lipinski definition) is 0. The summed E-state index contributed by atoms with van der Waals surface area (Å²) in [6.45, 7) is 4.68. The summed E-state index contributed by atoms with van der Waals surface area (Å²) in [5.74, 6) is 1.24. The standard InChI is InChI=1S/C19H28N5O2/c1-4-5-8-11-22-17(25)15-16(21(3)19(22)26)20-18-23(15)12-13(2)24(18)14-9-6-7-10-14/h12,14-15H,4-11H2,1-3H3/q+1. The number of rotatable bonds is 5. The Labute approximate surface area is 154 Å². The summed E-state index contributed by atoms with van der Waals surface area (Å²) in [5, 5.41) is 0. The zero-order valence-corrected chi connectivity index (χ0v) is 15.9. The fourth-order valence-corrected chi connectivity index (χ4v) is 4.54. The highest BCUT2D eigenvalue weighted by Crippen LogP contribution is 2.37. The van der Waals surface area contributed by atoms with Crippen molar-refractivity contribution in [3.63, 3.8) is 0 Å². The van der Waals surface area contributed by atoms with Crippen molar-refractivity contribution < 1.29 is 14.2 Å². The maximum atomic E-state index is 13.1. The van der Waals surface area contributed by atoms with Crippen molar-refractivity contribution in [3.8, 4) is 0 Å². The number of aromatic nitrogens is 2. The van der Waals surface area contributed by atoms with Crippen LogP contribution in [-0.2, 0) is 4.79 Å². The van der Waals surface area contributed by atoms with Crippen molar-refractivity contribution in [1.29, 1.82) is 0 Å². The van der Waals surface area contributed by atoms with E-state index in [9.17, 15) is 9.59 Å². The van der Waals surface area contributed by atoms with Crippen LogP contribution in [0.4, 0.5) is 10.7 Å². The van der Waals surface area contributed by atoms with E-state index in [2.05, 4.69) is 18.4 Å². The number of hydrogen-bond acceptors (Lipinski definition) is 3. The van der Waals surface area contributed by atoms with Crippen LogP contribution in [0.25, 0.3) is 0 Å². The van der Waals surface area contributed by atoms with Gasteiger partial charge in [-0.15, -0.1) is 0 Å². The Morgan fingerprint density at radius 3 is 2.65 bits per heavy atom. The number of aliphatic imine (C=N–C) groups is 1. The lowest BCUT2D eigenvalue weighted by molar-refractivity contribution is -0.677. The summed E-state index contributed by atoms with van der Waals surface area (Å²) in [6.07, 6.45) is 9.75. The van der Waals surface area contributed by atoms with Gasteiger partial charge in [0.25, 0.3) is 5.91 Å². The fourth-order valence-electron chi connectivity index (χ4n) is 4.54. The maximum absolute atomic E-state index is 13.1. The quantitative estimate of drug-likeness (QED) is 0.600. The molecule has 2 aliphatic heterocycles. The van der Waals surface area contributed by atoms with Crippen LogP contribution in [0.1, 0.15) is 69.6 Å². The first-order valence-electron chi connectivity index (χ1n) is 9.85. The van der Waals surface area contributed by atoms with Crippen molar-refractivity contribution in [2.24, 2.45) is 4.99 Å². The van der Waals surface area contributed by atoms with Gasteiger partial charge in [-0.05, 0) is 39.0 Å². The van der Waals surface area contributed by atoms with Crippen molar-refractivity contribution in [3.05, 3.63) is 11.9 Å². The second kappa shape index (κ2) is 6.52. The Bertz CT molecular complexity index is 775. The van der Waals surface area contributed by atoms with Gasteiger partial charge in [-0.2, -0.15) is 0 Å². The van der Waals surface area contributed by atoms with E-state index < -0.39 is 6.04 Å². The summed E-state index contributed by atoms with van der Waals surface area (Å²) >= 11 is 0. The molecular formula is C19H28N5O2+. The summed E-state index contributed by atoms with van der Waals surface area (Å²) in [5.41, 5.74) is 1.14. The molecule has 0 aromatic carbocycles. The molecule has 7 nitrogen and oxygen atoms in total. The Hall–Kier alpha value is -2.18. The Morgan fingerprint density at radius 2 is 1.96 bits per heavy atom.